The van der Waals surface area contributed by atoms with Crippen LogP contribution in [0, 0.1) is 5.82 Å². The maximum Gasteiger partial charge on any atom is 0.331 e. The first-order valence-electron chi connectivity index (χ1n) is 4.41. The summed E-state index contributed by atoms with van der Waals surface area (Å²) in [7, 11) is 0. The van der Waals surface area contributed by atoms with Crippen LogP contribution >= 0.6 is 0 Å². The molecule has 0 fully saturated rings. The summed E-state index contributed by atoms with van der Waals surface area (Å²) in [4.78, 5) is 18.0. The third-order valence-corrected chi connectivity index (χ3v) is 2.35. The van der Waals surface area contributed by atoms with Gasteiger partial charge in [0.05, 0.1) is 5.52 Å². The van der Waals surface area contributed by atoms with E-state index in [0.717, 1.165) is 0 Å². The van der Waals surface area contributed by atoms with Gasteiger partial charge in [-0.2, -0.15) is 0 Å². The van der Waals surface area contributed by atoms with Gasteiger partial charge in [0, 0.05) is 17.8 Å². The van der Waals surface area contributed by atoms with Crippen LogP contribution in [0.15, 0.2) is 35.4 Å². The predicted molar refractivity (Wildman–Crippen MR) is 53.3 cm³/mol. The van der Waals surface area contributed by atoms with E-state index in [9.17, 15) is 9.18 Å². The van der Waals surface area contributed by atoms with E-state index in [1.54, 1.807) is 18.3 Å². The Morgan fingerprint density at radius 2 is 2.27 bits per heavy atom. The van der Waals surface area contributed by atoms with Crippen molar-refractivity contribution in [1.82, 2.24) is 14.4 Å². The van der Waals surface area contributed by atoms with Crippen LogP contribution in [0.4, 0.5) is 4.39 Å². The largest absolute Gasteiger partial charge is 0.331 e. The Kier molecular flexibility index (Phi) is 1.45. The number of hydrogen-bond acceptors (Lipinski definition) is 2. The van der Waals surface area contributed by atoms with Gasteiger partial charge in [0.2, 0.25) is 0 Å². The summed E-state index contributed by atoms with van der Waals surface area (Å²) in [5.41, 5.74) is 0.273. The number of imidazole rings is 1. The minimum Gasteiger partial charge on any atom is -0.304 e. The van der Waals surface area contributed by atoms with Crippen molar-refractivity contribution < 1.29 is 4.39 Å². The lowest BCUT2D eigenvalue weighted by atomic mass is 10.2. The summed E-state index contributed by atoms with van der Waals surface area (Å²) in [6.07, 6.45) is 3.05. The molecular weight excluding hydrogens is 197 g/mol. The molecule has 2 aromatic heterocycles. The van der Waals surface area contributed by atoms with Gasteiger partial charge < -0.3 is 4.98 Å². The highest BCUT2D eigenvalue weighted by Crippen LogP contribution is 2.17. The van der Waals surface area contributed by atoms with E-state index in [-0.39, 0.29) is 11.2 Å². The Bertz CT molecular complexity index is 713. The van der Waals surface area contributed by atoms with Gasteiger partial charge in [0.1, 0.15) is 11.5 Å². The quantitative estimate of drug-likeness (QED) is 0.599. The Hall–Kier alpha value is -2.17. The maximum atomic E-state index is 13.4. The second-order valence-electron chi connectivity index (χ2n) is 3.21. The first kappa shape index (κ1) is 8.16. The summed E-state index contributed by atoms with van der Waals surface area (Å²) >= 11 is 0. The Morgan fingerprint density at radius 1 is 1.40 bits per heavy atom. The topological polar surface area (TPSA) is 50.2 Å². The van der Waals surface area contributed by atoms with Crippen molar-refractivity contribution in [2.75, 3.05) is 0 Å². The third-order valence-electron chi connectivity index (χ3n) is 2.35. The van der Waals surface area contributed by atoms with Crippen molar-refractivity contribution >= 4 is 16.6 Å². The monoisotopic (exact) mass is 203 g/mol. The van der Waals surface area contributed by atoms with Crippen molar-refractivity contribution in [2.45, 2.75) is 0 Å². The molecule has 15 heavy (non-hydrogen) atoms. The number of nitrogens with one attached hydrogen (secondary N) is 1. The third kappa shape index (κ3) is 0.999. The van der Waals surface area contributed by atoms with Crippen molar-refractivity contribution in [1.29, 1.82) is 0 Å². The van der Waals surface area contributed by atoms with Gasteiger partial charge in [-0.1, -0.05) is 6.07 Å². The van der Waals surface area contributed by atoms with Crippen LogP contribution in [-0.4, -0.2) is 14.4 Å². The number of aromatic nitrogens is 3. The number of halogens is 1. The van der Waals surface area contributed by atoms with E-state index in [2.05, 4.69) is 9.97 Å². The summed E-state index contributed by atoms with van der Waals surface area (Å²) in [5.74, 6) is -0.449. The molecule has 0 unspecified atom stereocenters. The molecule has 0 spiro atoms. The van der Waals surface area contributed by atoms with Crippen LogP contribution in [0.25, 0.3) is 16.6 Å². The van der Waals surface area contributed by atoms with E-state index < -0.39 is 5.82 Å². The molecule has 0 atom stereocenters. The molecule has 0 saturated heterocycles. The molecule has 0 saturated carbocycles. The van der Waals surface area contributed by atoms with Crippen LogP contribution in [-0.2, 0) is 0 Å². The fraction of sp³-hybridized carbons (Fsp3) is 0. The molecule has 2 heterocycles. The Morgan fingerprint density at radius 3 is 3.13 bits per heavy atom. The van der Waals surface area contributed by atoms with Crippen molar-refractivity contribution in [2.24, 2.45) is 0 Å². The van der Waals surface area contributed by atoms with Crippen LogP contribution < -0.4 is 5.69 Å². The van der Waals surface area contributed by atoms with Gasteiger partial charge in [0.25, 0.3) is 0 Å². The van der Waals surface area contributed by atoms with Crippen LogP contribution in [0.5, 0.6) is 0 Å². The molecule has 0 aliphatic carbocycles. The number of nitrogens with zero attached hydrogens (tertiary/aromatic N) is 2. The van der Waals surface area contributed by atoms with E-state index in [0.29, 0.717) is 11.0 Å². The van der Waals surface area contributed by atoms with E-state index in [1.165, 1.54) is 16.7 Å². The first-order chi connectivity index (χ1) is 7.27. The second-order valence-corrected chi connectivity index (χ2v) is 3.21. The molecular formula is C10H6FN3O. The normalized spacial score (nSPS) is 11.3. The summed E-state index contributed by atoms with van der Waals surface area (Å²) in [6.45, 7) is 0. The minimum atomic E-state index is -0.449. The van der Waals surface area contributed by atoms with Gasteiger partial charge in [0.15, 0.2) is 0 Å². The molecule has 4 nitrogen and oxygen atoms in total. The van der Waals surface area contributed by atoms with Gasteiger partial charge in [-0.3, -0.25) is 4.40 Å². The lowest BCUT2D eigenvalue weighted by molar-refractivity contribution is 0.636. The van der Waals surface area contributed by atoms with Crippen LogP contribution in [0.1, 0.15) is 0 Å². The highest BCUT2D eigenvalue weighted by Gasteiger charge is 2.07. The smallest absolute Gasteiger partial charge is 0.304 e. The number of H-pyrrole nitrogens is 1. The molecule has 0 aliphatic heterocycles. The average Bonchev–Trinajstić information content (AvgIpc) is 2.69. The minimum absolute atomic E-state index is 0.196. The fourth-order valence-corrected chi connectivity index (χ4v) is 1.67. The van der Waals surface area contributed by atoms with Crippen molar-refractivity contribution in [3.05, 3.63) is 46.9 Å². The van der Waals surface area contributed by atoms with Gasteiger partial charge in [-0.05, 0) is 12.1 Å². The lowest BCUT2D eigenvalue weighted by Gasteiger charge is -2.00. The zero-order chi connectivity index (χ0) is 10.4. The summed E-state index contributed by atoms with van der Waals surface area (Å²) < 4.78 is 14.7. The Labute approximate surface area is 83.0 Å². The molecule has 0 radical (unpaired) electrons. The molecule has 3 rings (SSSR count). The number of benzene rings is 1. The van der Waals surface area contributed by atoms with Gasteiger partial charge in [-0.15, -0.1) is 0 Å². The maximum absolute atomic E-state index is 13.4. The molecule has 5 heteroatoms. The number of aromatic amines is 1. The van der Waals surface area contributed by atoms with E-state index in [1.807, 2.05) is 0 Å². The Balaban J connectivity index is 2.72. The first-order valence-corrected chi connectivity index (χ1v) is 4.41. The van der Waals surface area contributed by atoms with Crippen LogP contribution in [0.2, 0.25) is 0 Å². The highest BCUT2D eigenvalue weighted by atomic mass is 19.1. The predicted octanol–water partition coefficient (Wildman–Crippen LogP) is 1.31. The molecule has 0 bridgehead atoms. The molecule has 74 valence electrons. The molecule has 3 aromatic rings. The molecule has 1 N–H and O–H groups in total. The lowest BCUT2D eigenvalue weighted by Crippen LogP contribution is -2.15. The highest BCUT2D eigenvalue weighted by molar-refractivity contribution is 5.91. The molecule has 0 aliphatic rings. The zero-order valence-electron chi connectivity index (χ0n) is 7.57. The zero-order valence-corrected chi connectivity index (χ0v) is 7.57. The summed E-state index contributed by atoms with van der Waals surface area (Å²) in [6, 6.07) is 4.61. The van der Waals surface area contributed by atoms with Gasteiger partial charge in [-0.25, -0.2) is 14.2 Å². The van der Waals surface area contributed by atoms with Crippen molar-refractivity contribution in [3.8, 4) is 0 Å². The average molecular weight is 203 g/mol. The van der Waals surface area contributed by atoms with E-state index in [4.69, 9.17) is 0 Å². The summed E-state index contributed by atoms with van der Waals surface area (Å²) in [5, 5.41) is 0.597. The SMILES string of the molecule is O=c1[nH]c2c(F)cccc2c2nccn12. The van der Waals surface area contributed by atoms with Gasteiger partial charge >= 0.3 is 5.69 Å². The standard InChI is InChI=1S/C10H6FN3O/c11-7-3-1-2-6-8(7)13-10(15)14-5-4-12-9(6)14/h1-5H,(H,13,15). The molecule has 0 amide bonds. The molecule has 1 aromatic carbocycles. The number of hydrogen-bond donors (Lipinski definition) is 1. The van der Waals surface area contributed by atoms with E-state index >= 15 is 0 Å². The van der Waals surface area contributed by atoms with Crippen molar-refractivity contribution in [3.63, 3.8) is 0 Å². The number of rotatable bonds is 0. The number of fused-ring (bicyclic) bond motifs is 3. The van der Waals surface area contributed by atoms with Crippen LogP contribution in [0.3, 0.4) is 0 Å². The second kappa shape index (κ2) is 2.66. The number of para-hydroxylation sites is 1. The fourth-order valence-electron chi connectivity index (χ4n) is 1.67.